The number of hydrogen-bond acceptors (Lipinski definition) is 6. The molecule has 1 aromatic heterocycles. The van der Waals surface area contributed by atoms with Crippen molar-refractivity contribution in [3.8, 4) is 0 Å². The Hall–Kier alpha value is -3.00. The predicted molar refractivity (Wildman–Crippen MR) is 113 cm³/mol. The van der Waals surface area contributed by atoms with Crippen LogP contribution in [-0.4, -0.2) is 23.5 Å². The summed E-state index contributed by atoms with van der Waals surface area (Å²) >= 11 is 6.10. The summed E-state index contributed by atoms with van der Waals surface area (Å²) in [5.41, 5.74) is 2.41. The molecule has 3 rings (SSSR count). The van der Waals surface area contributed by atoms with Crippen LogP contribution in [0.25, 0.3) is 0 Å². The summed E-state index contributed by atoms with van der Waals surface area (Å²) in [5, 5.41) is 26.6. The van der Waals surface area contributed by atoms with Gasteiger partial charge in [0.2, 0.25) is 0 Å². The van der Waals surface area contributed by atoms with Gasteiger partial charge in [-0.2, -0.15) is 5.11 Å². The van der Waals surface area contributed by atoms with Crippen molar-refractivity contribution in [2.45, 2.75) is 13.5 Å². The minimum Gasteiger partial charge on any atom is -0.365 e. The van der Waals surface area contributed by atoms with E-state index in [-0.39, 0.29) is 15.9 Å². The second-order valence-electron chi connectivity index (χ2n) is 6.33. The first kappa shape index (κ1) is 20.7. The van der Waals surface area contributed by atoms with Crippen LogP contribution in [0.4, 0.5) is 22.7 Å². The maximum Gasteiger partial charge on any atom is 0.168 e. The van der Waals surface area contributed by atoms with E-state index in [0.29, 0.717) is 11.4 Å². The molecule has 1 heterocycles. The van der Waals surface area contributed by atoms with Crippen LogP contribution in [0.2, 0.25) is 5.02 Å². The lowest BCUT2D eigenvalue weighted by molar-refractivity contribution is -0.694. The van der Waals surface area contributed by atoms with Crippen molar-refractivity contribution in [2.75, 3.05) is 23.2 Å². The number of likely N-dealkylation sites (N-methyl/N-ethyl adjacent to an activating group) is 1. The smallest absolute Gasteiger partial charge is 0.168 e. The van der Waals surface area contributed by atoms with Crippen LogP contribution in [0.5, 0.6) is 0 Å². The molecule has 29 heavy (non-hydrogen) atoms. The number of hydrogen-bond donors (Lipinski definition) is 2. The molecule has 0 radical (unpaired) electrons. The van der Waals surface area contributed by atoms with Crippen LogP contribution < -0.4 is 14.7 Å². The molecule has 2 aromatic carbocycles. The van der Waals surface area contributed by atoms with Gasteiger partial charge in [0, 0.05) is 24.4 Å². The molecule has 0 atom stereocenters. The van der Waals surface area contributed by atoms with Crippen LogP contribution in [0.15, 0.2) is 83.3 Å². The molecule has 7 nitrogen and oxygen atoms in total. The van der Waals surface area contributed by atoms with Gasteiger partial charge in [0.05, 0.1) is 22.9 Å². The van der Waals surface area contributed by atoms with Gasteiger partial charge in [0.1, 0.15) is 5.69 Å². The van der Waals surface area contributed by atoms with Crippen molar-refractivity contribution in [2.24, 2.45) is 10.2 Å². The zero-order valence-corrected chi connectivity index (χ0v) is 16.8. The van der Waals surface area contributed by atoms with E-state index in [1.54, 1.807) is 6.07 Å². The van der Waals surface area contributed by atoms with Crippen molar-refractivity contribution in [1.29, 1.82) is 0 Å². The summed E-state index contributed by atoms with van der Waals surface area (Å²) in [6, 6.07) is 18.4. The molecule has 0 spiro atoms. The Bertz CT molecular complexity index is 949. The topological polar surface area (TPSA) is 75.5 Å². The molecular weight excluding hydrogens is 390 g/mol. The highest BCUT2D eigenvalue weighted by molar-refractivity contribution is 6.33. The molecule has 0 amide bonds. The van der Waals surface area contributed by atoms with Gasteiger partial charge in [0.15, 0.2) is 18.9 Å². The third kappa shape index (κ3) is 5.74. The van der Waals surface area contributed by atoms with Crippen molar-refractivity contribution in [3.63, 3.8) is 0 Å². The predicted octanol–water partition coefficient (Wildman–Crippen LogP) is 5.15. The number of benzene rings is 2. The minimum absolute atomic E-state index is 0.00130. The lowest BCUT2D eigenvalue weighted by atomic mass is 10.2. The van der Waals surface area contributed by atoms with Crippen molar-refractivity contribution in [3.05, 3.63) is 78.1 Å². The molecule has 2 N–H and O–H groups in total. The van der Waals surface area contributed by atoms with E-state index in [2.05, 4.69) is 39.0 Å². The van der Waals surface area contributed by atoms with Gasteiger partial charge in [-0.25, -0.2) is 4.57 Å². The second-order valence-corrected chi connectivity index (χ2v) is 6.74. The Labute approximate surface area is 174 Å². The van der Waals surface area contributed by atoms with Gasteiger partial charge in [-0.1, -0.05) is 17.7 Å². The fraction of sp³-hybridized carbons (Fsp3) is 0.190. The molecule has 150 valence electrons. The molecule has 0 saturated heterocycles. The minimum atomic E-state index is 0.00130. The highest BCUT2D eigenvalue weighted by atomic mass is 35.5. The average molecular weight is 413 g/mol. The number of aromatic nitrogens is 1. The largest absolute Gasteiger partial charge is 0.365 e. The van der Waals surface area contributed by atoms with Crippen LogP contribution in [0.3, 0.4) is 0 Å². The number of nitrogens with zero attached hydrogens (tertiary/aromatic N) is 5. The van der Waals surface area contributed by atoms with Crippen LogP contribution in [-0.2, 0) is 6.54 Å². The molecule has 0 unspecified atom stereocenters. The monoisotopic (exact) mass is 412 g/mol. The van der Waals surface area contributed by atoms with Crippen molar-refractivity contribution >= 4 is 34.4 Å². The summed E-state index contributed by atoms with van der Waals surface area (Å²) in [6.45, 7) is 4.85. The number of anilines is 2. The first-order valence-corrected chi connectivity index (χ1v) is 9.63. The van der Waals surface area contributed by atoms with Crippen molar-refractivity contribution in [1.82, 2.24) is 0 Å². The normalized spacial score (nSPS) is 11.0. The van der Waals surface area contributed by atoms with E-state index in [0.717, 1.165) is 25.3 Å². The quantitative estimate of drug-likeness (QED) is 0.304. The summed E-state index contributed by atoms with van der Waals surface area (Å²) < 4.78 is 2.16. The van der Waals surface area contributed by atoms with E-state index in [1.165, 1.54) is 12.1 Å². The van der Waals surface area contributed by atoms with E-state index >= 15 is 0 Å². The Balaban J connectivity index is 1.65. The molecule has 0 aliphatic carbocycles. The van der Waals surface area contributed by atoms with E-state index in [4.69, 9.17) is 22.0 Å². The molecule has 3 aromatic rings. The first-order valence-electron chi connectivity index (χ1n) is 9.25. The number of pyridine rings is 1. The molecular formula is C21H23ClN5O2+. The zero-order chi connectivity index (χ0) is 20.6. The average Bonchev–Trinajstić information content (AvgIpc) is 2.75. The molecule has 0 aliphatic heterocycles. The van der Waals surface area contributed by atoms with Gasteiger partial charge >= 0.3 is 0 Å². The van der Waals surface area contributed by atoms with Gasteiger partial charge < -0.3 is 4.90 Å². The summed E-state index contributed by atoms with van der Waals surface area (Å²) in [6.07, 6.45) is 4.13. The fourth-order valence-electron chi connectivity index (χ4n) is 2.83. The SMILES string of the molecule is CCN(CC[n+]1ccccc1)c1ccc(N=Nc2ccc(N(O)O)cc2Cl)cc1. The standard InChI is InChI=1S/C21H23ClN5O2/c1-2-26(15-14-25-12-4-3-5-13-25)18-8-6-17(7-9-18)23-24-21-11-10-19(27(28)29)16-20(21)22/h3-13,16,28-29H,2,14-15H2,1H3/q+1. The fourth-order valence-corrected chi connectivity index (χ4v) is 3.04. The maximum atomic E-state index is 9.01. The highest BCUT2D eigenvalue weighted by Crippen LogP contribution is 2.30. The molecule has 8 heteroatoms. The van der Waals surface area contributed by atoms with Crippen molar-refractivity contribution < 1.29 is 15.0 Å². The van der Waals surface area contributed by atoms with Gasteiger partial charge in [-0.15, -0.1) is 10.3 Å². The maximum absolute atomic E-state index is 9.01. The van der Waals surface area contributed by atoms with E-state index in [1.807, 2.05) is 42.5 Å². The van der Waals surface area contributed by atoms with E-state index < -0.39 is 0 Å². The van der Waals surface area contributed by atoms with Crippen LogP contribution in [0, 0.1) is 0 Å². The zero-order valence-electron chi connectivity index (χ0n) is 16.1. The third-order valence-corrected chi connectivity index (χ3v) is 4.74. The third-order valence-electron chi connectivity index (χ3n) is 4.44. The Morgan fingerprint density at radius 2 is 1.62 bits per heavy atom. The van der Waals surface area contributed by atoms with Crippen LogP contribution >= 0.6 is 11.6 Å². The second kappa shape index (κ2) is 9.97. The lowest BCUT2D eigenvalue weighted by Crippen LogP contribution is -2.40. The summed E-state index contributed by atoms with van der Waals surface area (Å²) in [4.78, 5) is 2.30. The number of rotatable bonds is 8. The lowest BCUT2D eigenvalue weighted by Gasteiger charge is -2.21. The van der Waals surface area contributed by atoms with Gasteiger partial charge in [-0.05, 0) is 49.4 Å². The molecule has 0 saturated carbocycles. The van der Waals surface area contributed by atoms with Gasteiger partial charge in [-0.3, -0.25) is 10.4 Å². The van der Waals surface area contributed by atoms with Gasteiger partial charge in [0.25, 0.3) is 0 Å². The number of halogens is 1. The van der Waals surface area contributed by atoms with E-state index in [9.17, 15) is 0 Å². The molecule has 0 aliphatic rings. The highest BCUT2D eigenvalue weighted by Gasteiger charge is 2.08. The summed E-state index contributed by atoms with van der Waals surface area (Å²) in [7, 11) is 0. The van der Waals surface area contributed by atoms with Crippen LogP contribution in [0.1, 0.15) is 6.92 Å². The summed E-state index contributed by atoms with van der Waals surface area (Å²) in [5.74, 6) is 0. The Morgan fingerprint density at radius 1 is 0.931 bits per heavy atom. The molecule has 0 fully saturated rings. The molecule has 0 bridgehead atoms. The Kier molecular flexibility index (Phi) is 7.13. The Morgan fingerprint density at radius 3 is 2.24 bits per heavy atom. The first-order chi connectivity index (χ1) is 14.1. The number of azo groups is 1.